The van der Waals surface area contributed by atoms with Gasteiger partial charge in [-0.05, 0) is 38.0 Å². The molecule has 3 N–H and O–H groups in total. The molecule has 140 valence electrons. The zero-order valence-electron chi connectivity index (χ0n) is 14.3. The molecule has 0 aliphatic carbocycles. The Bertz CT molecular complexity index is 701. The summed E-state index contributed by atoms with van der Waals surface area (Å²) >= 11 is 0. The highest BCUT2D eigenvalue weighted by Crippen LogP contribution is 2.22. The Morgan fingerprint density at radius 3 is 2.84 bits per heavy atom. The molecule has 0 amide bonds. The second kappa shape index (κ2) is 8.61. The summed E-state index contributed by atoms with van der Waals surface area (Å²) in [5.74, 6) is -1.20. The van der Waals surface area contributed by atoms with Crippen molar-refractivity contribution in [2.24, 2.45) is 0 Å². The molecule has 0 aromatic heterocycles. The van der Waals surface area contributed by atoms with Gasteiger partial charge in [0.2, 0.25) is 10.0 Å². The van der Waals surface area contributed by atoms with Crippen LogP contribution in [-0.2, 0) is 19.5 Å². The van der Waals surface area contributed by atoms with Gasteiger partial charge in [-0.15, -0.1) is 0 Å². The third kappa shape index (κ3) is 5.40. The summed E-state index contributed by atoms with van der Waals surface area (Å²) < 4.78 is 37.6. The Kier molecular flexibility index (Phi) is 6.77. The molecule has 9 heteroatoms. The van der Waals surface area contributed by atoms with E-state index in [1.54, 1.807) is 6.92 Å². The van der Waals surface area contributed by atoms with Crippen LogP contribution in [0.3, 0.4) is 0 Å². The summed E-state index contributed by atoms with van der Waals surface area (Å²) in [6.45, 7) is 3.07. The first kappa shape index (κ1) is 19.6. The number of carboxylic acids is 1. The van der Waals surface area contributed by atoms with Crippen molar-refractivity contribution in [2.75, 3.05) is 32.2 Å². The molecule has 1 aromatic carbocycles. The quantitative estimate of drug-likeness (QED) is 0.598. The molecular formula is C16H24N2O6S. The lowest BCUT2D eigenvalue weighted by molar-refractivity contribution is 0.0697. The molecule has 1 aliphatic rings. The lowest BCUT2D eigenvalue weighted by Gasteiger charge is -2.16. The number of sulfonamides is 1. The van der Waals surface area contributed by atoms with Crippen LogP contribution in [0.15, 0.2) is 23.1 Å². The van der Waals surface area contributed by atoms with Gasteiger partial charge in [0.05, 0.1) is 23.2 Å². The molecule has 2 rings (SSSR count). The van der Waals surface area contributed by atoms with Crippen LogP contribution >= 0.6 is 0 Å². The van der Waals surface area contributed by atoms with E-state index < -0.39 is 22.0 Å². The number of nitrogens with one attached hydrogen (secondary N) is 2. The third-order valence-corrected chi connectivity index (χ3v) is 5.44. The Balaban J connectivity index is 2.17. The summed E-state index contributed by atoms with van der Waals surface area (Å²) in [7, 11) is -2.36. The number of hydrogen-bond acceptors (Lipinski definition) is 6. The van der Waals surface area contributed by atoms with Crippen LogP contribution in [0.4, 0.5) is 5.69 Å². The van der Waals surface area contributed by atoms with Crippen LogP contribution in [0.5, 0.6) is 0 Å². The van der Waals surface area contributed by atoms with E-state index in [0.717, 1.165) is 18.9 Å². The highest BCUT2D eigenvalue weighted by molar-refractivity contribution is 7.89. The number of hydrogen-bond donors (Lipinski definition) is 3. The van der Waals surface area contributed by atoms with Crippen LogP contribution in [0.25, 0.3) is 0 Å². The van der Waals surface area contributed by atoms with Crippen molar-refractivity contribution in [2.45, 2.75) is 36.8 Å². The van der Waals surface area contributed by atoms with Crippen molar-refractivity contribution in [1.82, 2.24) is 4.72 Å². The Morgan fingerprint density at radius 2 is 2.24 bits per heavy atom. The number of methoxy groups -OCH3 is 1. The first-order chi connectivity index (χ1) is 11.8. The molecule has 1 aromatic rings. The van der Waals surface area contributed by atoms with Gasteiger partial charge in [0.1, 0.15) is 0 Å². The minimum atomic E-state index is -3.83. The number of carbonyl (C=O) groups is 1. The summed E-state index contributed by atoms with van der Waals surface area (Å²) in [4.78, 5) is 11.4. The van der Waals surface area contributed by atoms with E-state index in [1.165, 1.54) is 19.2 Å². The normalized spacial score (nSPS) is 18.9. The minimum Gasteiger partial charge on any atom is -0.478 e. The molecule has 2 unspecified atom stereocenters. The van der Waals surface area contributed by atoms with Gasteiger partial charge >= 0.3 is 5.97 Å². The fourth-order valence-corrected chi connectivity index (χ4v) is 3.92. The van der Waals surface area contributed by atoms with E-state index in [-0.39, 0.29) is 23.2 Å². The lowest BCUT2D eigenvalue weighted by Crippen LogP contribution is -2.35. The first-order valence-corrected chi connectivity index (χ1v) is 9.56. The van der Waals surface area contributed by atoms with Gasteiger partial charge in [0.25, 0.3) is 0 Å². The van der Waals surface area contributed by atoms with Crippen LogP contribution in [0, 0.1) is 0 Å². The maximum absolute atomic E-state index is 12.4. The van der Waals surface area contributed by atoms with E-state index in [2.05, 4.69) is 10.0 Å². The summed E-state index contributed by atoms with van der Waals surface area (Å²) in [5, 5.41) is 12.4. The fourth-order valence-electron chi connectivity index (χ4n) is 2.67. The summed E-state index contributed by atoms with van der Waals surface area (Å²) in [6.07, 6.45) is 1.95. The van der Waals surface area contributed by atoms with Crippen molar-refractivity contribution in [3.63, 3.8) is 0 Å². The Morgan fingerprint density at radius 1 is 1.48 bits per heavy atom. The first-order valence-electron chi connectivity index (χ1n) is 8.07. The smallest absolute Gasteiger partial charge is 0.337 e. The highest BCUT2D eigenvalue weighted by atomic mass is 32.2. The van der Waals surface area contributed by atoms with Crippen LogP contribution in [-0.4, -0.2) is 58.5 Å². The van der Waals surface area contributed by atoms with Crippen LogP contribution < -0.4 is 10.0 Å². The Hall–Kier alpha value is -1.68. The average molecular weight is 372 g/mol. The van der Waals surface area contributed by atoms with Gasteiger partial charge in [0, 0.05) is 32.0 Å². The minimum absolute atomic E-state index is 0.0432. The highest BCUT2D eigenvalue weighted by Gasteiger charge is 2.22. The molecule has 8 nitrogen and oxygen atoms in total. The van der Waals surface area contributed by atoms with Gasteiger partial charge < -0.3 is 19.9 Å². The van der Waals surface area contributed by atoms with Crippen molar-refractivity contribution in [1.29, 1.82) is 0 Å². The summed E-state index contributed by atoms with van der Waals surface area (Å²) in [5.41, 5.74) is 0.271. The van der Waals surface area contributed by atoms with Gasteiger partial charge in [-0.3, -0.25) is 0 Å². The fraction of sp³-hybridized carbons (Fsp3) is 0.562. The molecule has 0 bridgehead atoms. The lowest BCUT2D eigenvalue weighted by atomic mass is 10.1. The number of aromatic carboxylic acids is 1. The van der Waals surface area contributed by atoms with Gasteiger partial charge in [-0.2, -0.15) is 0 Å². The molecule has 25 heavy (non-hydrogen) atoms. The third-order valence-electron chi connectivity index (χ3n) is 3.85. The van der Waals surface area contributed by atoms with Crippen molar-refractivity contribution >= 4 is 21.7 Å². The molecule has 2 atom stereocenters. The van der Waals surface area contributed by atoms with Gasteiger partial charge in [-0.1, -0.05) is 0 Å². The number of benzene rings is 1. The monoisotopic (exact) mass is 372 g/mol. The molecule has 1 heterocycles. The second-order valence-corrected chi connectivity index (χ2v) is 7.72. The van der Waals surface area contributed by atoms with Gasteiger partial charge in [-0.25, -0.2) is 17.9 Å². The number of carboxylic acid groups (broad SMARTS) is 1. The largest absolute Gasteiger partial charge is 0.478 e. The average Bonchev–Trinajstić information content (AvgIpc) is 3.05. The van der Waals surface area contributed by atoms with Crippen molar-refractivity contribution < 1.29 is 27.8 Å². The summed E-state index contributed by atoms with van der Waals surface area (Å²) in [6, 6.07) is 3.57. The number of anilines is 1. The molecule has 0 radical (unpaired) electrons. The number of rotatable bonds is 9. The van der Waals surface area contributed by atoms with E-state index >= 15 is 0 Å². The van der Waals surface area contributed by atoms with Gasteiger partial charge in [0.15, 0.2) is 0 Å². The van der Waals surface area contributed by atoms with Crippen LogP contribution in [0.1, 0.15) is 30.1 Å². The zero-order valence-corrected chi connectivity index (χ0v) is 15.1. The van der Waals surface area contributed by atoms with Crippen LogP contribution in [0.2, 0.25) is 0 Å². The molecule has 1 fully saturated rings. The van der Waals surface area contributed by atoms with E-state index in [0.29, 0.717) is 18.8 Å². The standard InChI is InChI=1S/C16H24N2O6S/c1-11(10-23-2)18-25(21,22)13-5-6-15(14(8-13)16(19)20)17-9-12-4-3-7-24-12/h5-6,8,11-12,17-18H,3-4,7,9-10H2,1-2H3,(H,19,20). The Labute approximate surface area is 147 Å². The SMILES string of the molecule is COCC(C)NS(=O)(=O)c1ccc(NCC2CCCO2)c(C(=O)O)c1. The van der Waals surface area contributed by atoms with E-state index in [1.807, 2.05) is 0 Å². The van der Waals surface area contributed by atoms with E-state index in [9.17, 15) is 18.3 Å². The second-order valence-electron chi connectivity index (χ2n) is 6.01. The predicted octanol–water partition coefficient (Wildman–Crippen LogP) is 1.29. The molecule has 1 aliphatic heterocycles. The molecule has 0 saturated carbocycles. The van der Waals surface area contributed by atoms with Crippen molar-refractivity contribution in [3.05, 3.63) is 23.8 Å². The van der Waals surface area contributed by atoms with Crippen molar-refractivity contribution in [3.8, 4) is 0 Å². The molecule has 0 spiro atoms. The topological polar surface area (TPSA) is 114 Å². The maximum Gasteiger partial charge on any atom is 0.337 e. The maximum atomic E-state index is 12.4. The predicted molar refractivity (Wildman–Crippen MR) is 92.5 cm³/mol. The zero-order chi connectivity index (χ0) is 18.4. The molecule has 1 saturated heterocycles. The number of ether oxygens (including phenoxy) is 2. The van der Waals surface area contributed by atoms with E-state index in [4.69, 9.17) is 9.47 Å². The molecular weight excluding hydrogens is 348 g/mol.